The fourth-order valence-corrected chi connectivity index (χ4v) is 8.43. The van der Waals surface area contributed by atoms with Crippen LogP contribution in [-0.4, -0.2) is 49.3 Å². The number of esters is 1. The molecule has 0 radical (unpaired) electrons. The highest BCUT2D eigenvalue weighted by Crippen LogP contribution is 2.41. The van der Waals surface area contributed by atoms with Crippen molar-refractivity contribution in [3.63, 3.8) is 0 Å². The van der Waals surface area contributed by atoms with Gasteiger partial charge in [-0.15, -0.1) is 0 Å². The number of hydrogen-bond donors (Lipinski definition) is 1. The molecule has 0 fully saturated rings. The number of amidine groups is 2. The van der Waals surface area contributed by atoms with E-state index in [0.717, 1.165) is 47.1 Å². The van der Waals surface area contributed by atoms with Crippen LogP contribution in [-0.2, 0) is 21.4 Å². The van der Waals surface area contributed by atoms with Gasteiger partial charge < -0.3 is 10.5 Å². The van der Waals surface area contributed by atoms with Gasteiger partial charge in [0.1, 0.15) is 11.7 Å². The third-order valence-corrected chi connectivity index (χ3v) is 11.9. The number of benzene rings is 2. The van der Waals surface area contributed by atoms with Crippen LogP contribution in [0.1, 0.15) is 77.0 Å². The first-order chi connectivity index (χ1) is 23.7. The third-order valence-electron chi connectivity index (χ3n) is 9.27. The van der Waals surface area contributed by atoms with E-state index in [9.17, 15) is 9.18 Å². The number of halogens is 3. The van der Waals surface area contributed by atoms with Crippen LogP contribution >= 0.6 is 23.5 Å². The van der Waals surface area contributed by atoms with E-state index in [1.807, 2.05) is 39.0 Å². The molecule has 0 aromatic heterocycles. The Morgan fingerprint density at radius 2 is 1.88 bits per heavy atom. The number of allylic oxidation sites excluding steroid dienone is 4. The van der Waals surface area contributed by atoms with E-state index in [4.69, 9.17) is 15.5 Å². The van der Waals surface area contributed by atoms with Crippen LogP contribution in [0.25, 0.3) is 0 Å². The van der Waals surface area contributed by atoms with Gasteiger partial charge in [0, 0.05) is 23.6 Å². The SMILES string of the molecule is CN=C1N=C(N)[C@@](C)(c2cccc(CC(C)C(=O)OC)c2)CCCC(C)(C)CSCCC2=C(C)/C=C\N=C(F)C(F)=C2Sc2ccc(F)c1c2. The van der Waals surface area contributed by atoms with Crippen molar-refractivity contribution in [3.05, 3.63) is 99.1 Å². The van der Waals surface area contributed by atoms with Crippen LogP contribution < -0.4 is 5.73 Å². The lowest BCUT2D eigenvalue weighted by molar-refractivity contribution is -0.144. The van der Waals surface area contributed by atoms with Gasteiger partial charge in [0.05, 0.1) is 23.5 Å². The molecule has 11 heteroatoms. The molecule has 2 N–H and O–H groups in total. The van der Waals surface area contributed by atoms with Crippen molar-refractivity contribution >= 4 is 47.1 Å². The van der Waals surface area contributed by atoms with Crippen LogP contribution in [0.15, 0.2) is 96.5 Å². The van der Waals surface area contributed by atoms with Crippen molar-refractivity contribution < 1.29 is 22.7 Å². The second kappa shape index (κ2) is 17.1. The zero-order valence-electron chi connectivity index (χ0n) is 29.9. The number of ether oxygens (including phenoxy) is 1. The van der Waals surface area contributed by atoms with Gasteiger partial charge in [0.2, 0.25) is 5.97 Å². The largest absolute Gasteiger partial charge is 0.469 e. The molecule has 1 unspecified atom stereocenters. The lowest BCUT2D eigenvalue weighted by Crippen LogP contribution is -2.40. The molecule has 50 heavy (non-hydrogen) atoms. The van der Waals surface area contributed by atoms with Crippen molar-refractivity contribution in [2.24, 2.45) is 32.0 Å². The minimum absolute atomic E-state index is 0.0288. The number of rotatable bonds is 4. The van der Waals surface area contributed by atoms with E-state index < -0.39 is 23.0 Å². The average molecular weight is 725 g/mol. The normalized spacial score (nSPS) is 23.0. The van der Waals surface area contributed by atoms with Gasteiger partial charge >= 0.3 is 5.97 Å². The summed E-state index contributed by atoms with van der Waals surface area (Å²) in [6.45, 7) is 10.2. The Kier molecular flexibility index (Phi) is 13.4. The van der Waals surface area contributed by atoms with E-state index in [0.29, 0.717) is 35.5 Å². The summed E-state index contributed by atoms with van der Waals surface area (Å²) in [5, 5.41) is 0. The Morgan fingerprint density at radius 3 is 2.60 bits per heavy atom. The highest BCUT2D eigenvalue weighted by molar-refractivity contribution is 8.03. The molecular formula is C39H47F3N4O2S2. The molecule has 2 atom stereocenters. The fraction of sp³-hybridized carbons (Fsp3) is 0.436. The van der Waals surface area contributed by atoms with E-state index in [2.05, 4.69) is 29.9 Å². The van der Waals surface area contributed by atoms with Crippen molar-refractivity contribution in [2.45, 2.75) is 77.0 Å². The first-order valence-electron chi connectivity index (χ1n) is 16.7. The summed E-state index contributed by atoms with van der Waals surface area (Å²) in [7, 11) is 2.90. The minimum atomic E-state index is -1.21. The lowest BCUT2D eigenvalue weighted by atomic mass is 9.74. The van der Waals surface area contributed by atoms with Crippen LogP contribution in [0.2, 0.25) is 0 Å². The molecular weight excluding hydrogens is 678 g/mol. The Bertz CT molecular complexity index is 1780. The molecule has 0 saturated heterocycles. The molecule has 2 aromatic rings. The first kappa shape index (κ1) is 39.2. The highest BCUT2D eigenvalue weighted by Gasteiger charge is 2.33. The monoisotopic (exact) mass is 724 g/mol. The summed E-state index contributed by atoms with van der Waals surface area (Å²) in [5.74, 6) is -1.52. The maximum Gasteiger partial charge on any atom is 0.308 e. The molecule has 2 bridgehead atoms. The summed E-state index contributed by atoms with van der Waals surface area (Å²) in [5.41, 5.74) is 9.56. The molecule has 6 nitrogen and oxygen atoms in total. The molecule has 268 valence electrons. The number of thioether (sulfide) groups is 2. The third kappa shape index (κ3) is 9.60. The number of methoxy groups -OCH3 is 1. The molecule has 0 saturated carbocycles. The Hall–Kier alpha value is -3.57. The topological polar surface area (TPSA) is 89.4 Å². The first-order valence-corrected chi connectivity index (χ1v) is 18.7. The van der Waals surface area contributed by atoms with E-state index in [1.54, 1.807) is 23.9 Å². The Labute approximate surface area is 302 Å². The second-order valence-corrected chi connectivity index (χ2v) is 16.0. The summed E-state index contributed by atoms with van der Waals surface area (Å²) in [6.07, 6.45) is 6.36. The zero-order valence-corrected chi connectivity index (χ0v) is 31.5. The van der Waals surface area contributed by atoms with Crippen LogP contribution in [0, 0.1) is 17.2 Å². The van der Waals surface area contributed by atoms with Gasteiger partial charge in [-0.25, -0.2) is 18.8 Å². The molecule has 0 aliphatic carbocycles. The standard InChI is InChI=1S/C39H47F3N4O2S2/c1-24-14-18-45-34(42)32(41)33-29(24)15-19-49-23-38(3,4)16-9-17-39(5,27-11-8-10-26(21-27)20-25(2)36(47)48-7)37(43)46-35(44-6)30-22-28(50-33)12-13-31(30)40/h8,10-14,18,21-22,25H,9,15-17,19-20,23H2,1-7H3,(H2,43,44,46)/b18-14-,24-14?,29-24?,33-29?,33-32?,34-32?,45-18?,45-34?/t25?,39-/m1/s1. The van der Waals surface area contributed by atoms with E-state index in [-0.39, 0.29) is 39.4 Å². The summed E-state index contributed by atoms with van der Waals surface area (Å²) in [6, 6.07) is 12.3. The van der Waals surface area contributed by atoms with Gasteiger partial charge in [-0.1, -0.05) is 63.2 Å². The second-order valence-electron chi connectivity index (χ2n) is 13.8. The number of nitrogens with two attached hydrogens (primary N) is 1. The summed E-state index contributed by atoms with van der Waals surface area (Å²) < 4.78 is 51.0. The lowest BCUT2D eigenvalue weighted by Gasteiger charge is -2.32. The fourth-order valence-electron chi connectivity index (χ4n) is 6.13. The average Bonchev–Trinajstić information content (AvgIpc) is 3.08. The smallest absolute Gasteiger partial charge is 0.308 e. The Balaban J connectivity index is 1.85. The van der Waals surface area contributed by atoms with E-state index in [1.165, 1.54) is 32.5 Å². The molecule has 2 aliphatic rings. The quantitative estimate of drug-likeness (QED) is 0.317. The number of fused-ring (bicyclic) bond motifs is 3. The summed E-state index contributed by atoms with van der Waals surface area (Å²) >= 11 is 2.80. The van der Waals surface area contributed by atoms with Gasteiger partial charge in [-0.2, -0.15) is 16.2 Å². The predicted molar refractivity (Wildman–Crippen MR) is 203 cm³/mol. The maximum absolute atomic E-state index is 15.7. The van der Waals surface area contributed by atoms with Crippen molar-refractivity contribution in [3.8, 4) is 0 Å². The predicted octanol–water partition coefficient (Wildman–Crippen LogP) is 9.69. The number of carbonyl (C=O) groups excluding carboxylic acids is 1. The van der Waals surface area contributed by atoms with Crippen molar-refractivity contribution in [2.75, 3.05) is 25.7 Å². The molecule has 4 rings (SSSR count). The van der Waals surface area contributed by atoms with Gasteiger partial charge in [-0.05, 0) is 103 Å². The molecule has 2 heterocycles. The molecule has 0 amide bonds. The van der Waals surface area contributed by atoms with Crippen LogP contribution in [0.4, 0.5) is 13.2 Å². The van der Waals surface area contributed by atoms with Gasteiger partial charge in [0.25, 0.3) is 0 Å². The van der Waals surface area contributed by atoms with Crippen molar-refractivity contribution in [1.82, 2.24) is 0 Å². The number of nitrogens with zero attached hydrogens (tertiary/aromatic N) is 3. The maximum atomic E-state index is 15.7. The number of hydrogen-bond acceptors (Lipinski definition) is 7. The Morgan fingerprint density at radius 1 is 1.12 bits per heavy atom. The van der Waals surface area contributed by atoms with Crippen LogP contribution in [0.5, 0.6) is 0 Å². The van der Waals surface area contributed by atoms with Crippen LogP contribution in [0.3, 0.4) is 0 Å². The molecule has 0 spiro atoms. The molecule has 2 aromatic carbocycles. The zero-order chi connectivity index (χ0) is 36.6. The highest BCUT2D eigenvalue weighted by atomic mass is 32.2. The minimum Gasteiger partial charge on any atom is -0.469 e. The summed E-state index contributed by atoms with van der Waals surface area (Å²) in [4.78, 5) is 25.5. The van der Waals surface area contributed by atoms with Gasteiger partial charge in [0.15, 0.2) is 11.7 Å². The van der Waals surface area contributed by atoms with E-state index >= 15 is 8.78 Å². The number of carbonyl (C=O) groups is 1. The molecule has 2 aliphatic heterocycles. The van der Waals surface area contributed by atoms with Crippen molar-refractivity contribution in [1.29, 1.82) is 0 Å². The number of aliphatic imine (C=N–C) groups is 3. The van der Waals surface area contributed by atoms with Gasteiger partial charge in [-0.3, -0.25) is 9.79 Å².